The quantitative estimate of drug-likeness (QED) is 0.830. The molecule has 2 aromatic rings. The Hall–Kier alpha value is -3.07. The Kier molecular flexibility index (Phi) is 3.62. The number of carbonyl (C=O) groups excluding carboxylic acids is 2. The van der Waals surface area contributed by atoms with Gasteiger partial charge in [-0.15, -0.1) is 0 Å². The van der Waals surface area contributed by atoms with Gasteiger partial charge in [0.15, 0.2) is 6.61 Å². The number of nitrogens with one attached hydrogen (secondary N) is 2. The third kappa shape index (κ3) is 2.57. The first-order valence-electron chi connectivity index (χ1n) is 7.85. The molecule has 0 spiro atoms. The Bertz CT molecular complexity index is 1050. The molecule has 0 saturated heterocycles. The molecule has 4 rings (SSSR count). The number of aryl methyl sites for hydroxylation is 1. The van der Waals surface area contributed by atoms with Crippen LogP contribution in [-0.4, -0.2) is 33.4 Å². The Morgan fingerprint density at radius 1 is 1.04 bits per heavy atom. The first-order valence-corrected chi connectivity index (χ1v) is 9.29. The van der Waals surface area contributed by atoms with E-state index in [4.69, 9.17) is 4.74 Å². The molecule has 0 atom stereocenters. The third-order valence-electron chi connectivity index (χ3n) is 4.21. The van der Waals surface area contributed by atoms with Crippen LogP contribution in [0.4, 0.5) is 17.1 Å². The number of benzene rings is 2. The first-order chi connectivity index (χ1) is 12.4. The highest BCUT2D eigenvalue weighted by molar-refractivity contribution is 7.93. The molecule has 2 aromatic carbocycles. The lowest BCUT2D eigenvalue weighted by molar-refractivity contribution is -0.118. The second-order valence-corrected chi connectivity index (χ2v) is 7.86. The smallest absolute Gasteiger partial charge is 0.265 e. The zero-order chi connectivity index (χ0) is 18.5. The van der Waals surface area contributed by atoms with Gasteiger partial charge in [-0.2, -0.15) is 0 Å². The number of carbonyl (C=O) groups is 2. The van der Waals surface area contributed by atoms with E-state index in [0.717, 1.165) is 4.31 Å². The first kappa shape index (κ1) is 16.4. The molecule has 8 nitrogen and oxygen atoms in total. The summed E-state index contributed by atoms with van der Waals surface area (Å²) in [6.07, 6.45) is 0. The fourth-order valence-corrected chi connectivity index (χ4v) is 4.70. The van der Waals surface area contributed by atoms with Crippen molar-refractivity contribution in [3.63, 3.8) is 0 Å². The highest BCUT2D eigenvalue weighted by atomic mass is 32.2. The summed E-state index contributed by atoms with van der Waals surface area (Å²) in [6.45, 7) is 1.21. The van der Waals surface area contributed by atoms with Crippen LogP contribution in [-0.2, 0) is 19.6 Å². The van der Waals surface area contributed by atoms with E-state index in [1.54, 1.807) is 37.3 Å². The van der Waals surface area contributed by atoms with Gasteiger partial charge in [0.1, 0.15) is 12.3 Å². The highest BCUT2D eigenvalue weighted by Crippen LogP contribution is 2.37. The van der Waals surface area contributed by atoms with E-state index in [9.17, 15) is 18.0 Å². The fourth-order valence-electron chi connectivity index (χ4n) is 3.02. The van der Waals surface area contributed by atoms with Gasteiger partial charge in [-0.1, -0.05) is 12.1 Å². The number of hydrogen-bond donors (Lipinski definition) is 2. The van der Waals surface area contributed by atoms with Gasteiger partial charge in [0.2, 0.25) is 5.91 Å². The normalized spacial score (nSPS) is 16.1. The monoisotopic (exact) mass is 373 g/mol. The van der Waals surface area contributed by atoms with Crippen molar-refractivity contribution in [2.45, 2.75) is 11.8 Å². The Morgan fingerprint density at radius 2 is 1.77 bits per heavy atom. The van der Waals surface area contributed by atoms with Crippen LogP contribution in [0.3, 0.4) is 0 Å². The standard InChI is InChI=1S/C17H15N3O5S/c1-10-6-14-12(19-17(22)9-25-14)7-15(10)26(23,24)20-8-16(21)18-11-4-2-3-5-13(11)20/h2-7H,8-9H2,1H3,(H,18,21)(H,19,22). The van der Waals surface area contributed by atoms with Crippen molar-refractivity contribution in [2.24, 2.45) is 0 Å². The van der Waals surface area contributed by atoms with Crippen LogP contribution < -0.4 is 19.7 Å². The van der Waals surface area contributed by atoms with E-state index in [1.165, 1.54) is 6.07 Å². The molecule has 0 bridgehead atoms. The molecule has 0 fully saturated rings. The number of sulfonamides is 1. The Morgan fingerprint density at radius 3 is 2.58 bits per heavy atom. The van der Waals surface area contributed by atoms with Crippen molar-refractivity contribution >= 4 is 38.9 Å². The summed E-state index contributed by atoms with van der Waals surface area (Å²) in [5, 5.41) is 5.27. The van der Waals surface area contributed by atoms with Crippen molar-refractivity contribution in [3.05, 3.63) is 42.0 Å². The number of amides is 2. The molecule has 2 N–H and O–H groups in total. The van der Waals surface area contributed by atoms with Gasteiger partial charge in [0, 0.05) is 0 Å². The van der Waals surface area contributed by atoms with Crippen molar-refractivity contribution in [2.75, 3.05) is 28.1 Å². The number of anilines is 3. The summed E-state index contributed by atoms with van der Waals surface area (Å²) in [5.41, 5.74) is 1.58. The molecule has 2 heterocycles. The van der Waals surface area contributed by atoms with E-state index in [-0.39, 0.29) is 24.0 Å². The van der Waals surface area contributed by atoms with Gasteiger partial charge in [-0.25, -0.2) is 8.42 Å². The van der Waals surface area contributed by atoms with E-state index >= 15 is 0 Å². The van der Waals surface area contributed by atoms with Gasteiger partial charge in [-0.05, 0) is 36.8 Å². The summed E-state index contributed by atoms with van der Waals surface area (Å²) in [5.74, 6) is -0.357. The van der Waals surface area contributed by atoms with Gasteiger partial charge in [0.05, 0.1) is 22.0 Å². The fraction of sp³-hybridized carbons (Fsp3) is 0.176. The summed E-state index contributed by atoms with van der Waals surface area (Å²) >= 11 is 0. The summed E-state index contributed by atoms with van der Waals surface area (Å²) in [6, 6.07) is 9.62. The topological polar surface area (TPSA) is 105 Å². The number of ether oxygens (including phenoxy) is 1. The molecule has 0 saturated carbocycles. The molecule has 9 heteroatoms. The summed E-state index contributed by atoms with van der Waals surface area (Å²) in [7, 11) is -4.02. The van der Waals surface area contributed by atoms with Crippen LogP contribution >= 0.6 is 0 Å². The minimum Gasteiger partial charge on any atom is -0.482 e. The number of rotatable bonds is 2. The molecule has 0 unspecified atom stereocenters. The van der Waals surface area contributed by atoms with Crippen LogP contribution in [0.2, 0.25) is 0 Å². The van der Waals surface area contributed by atoms with Gasteiger partial charge < -0.3 is 15.4 Å². The molecular formula is C17H15N3O5S. The lowest BCUT2D eigenvalue weighted by Crippen LogP contribution is -2.42. The average molecular weight is 373 g/mol. The third-order valence-corrected chi connectivity index (χ3v) is 6.11. The number of nitrogens with zero attached hydrogens (tertiary/aromatic N) is 1. The van der Waals surface area contributed by atoms with Crippen molar-refractivity contribution in [1.29, 1.82) is 0 Å². The summed E-state index contributed by atoms with van der Waals surface area (Å²) < 4.78 is 32.9. The lowest BCUT2D eigenvalue weighted by atomic mass is 10.2. The van der Waals surface area contributed by atoms with Crippen LogP contribution in [0.5, 0.6) is 5.75 Å². The molecule has 2 aliphatic rings. The van der Waals surface area contributed by atoms with Crippen LogP contribution in [0.25, 0.3) is 0 Å². The van der Waals surface area contributed by atoms with Crippen LogP contribution in [0.15, 0.2) is 41.3 Å². The van der Waals surface area contributed by atoms with Gasteiger partial charge >= 0.3 is 0 Å². The number of fused-ring (bicyclic) bond motifs is 2. The van der Waals surface area contributed by atoms with E-state index < -0.39 is 15.9 Å². The SMILES string of the molecule is Cc1cc2c(cc1S(=O)(=O)N1CC(=O)Nc3ccccc31)NC(=O)CO2. The second kappa shape index (κ2) is 5.73. The van der Waals surface area contributed by atoms with Crippen LogP contribution in [0.1, 0.15) is 5.56 Å². The summed E-state index contributed by atoms with van der Waals surface area (Å²) in [4.78, 5) is 23.5. The van der Waals surface area contributed by atoms with Crippen LogP contribution in [0, 0.1) is 6.92 Å². The van der Waals surface area contributed by atoms with E-state index in [0.29, 0.717) is 28.4 Å². The molecule has 0 aromatic heterocycles. The van der Waals surface area contributed by atoms with Gasteiger partial charge in [0.25, 0.3) is 15.9 Å². The Labute approximate surface area is 149 Å². The largest absolute Gasteiger partial charge is 0.482 e. The predicted molar refractivity (Wildman–Crippen MR) is 94.9 cm³/mol. The zero-order valence-corrected chi connectivity index (χ0v) is 14.6. The van der Waals surface area contributed by atoms with Crippen molar-refractivity contribution in [1.82, 2.24) is 0 Å². The maximum Gasteiger partial charge on any atom is 0.265 e. The highest BCUT2D eigenvalue weighted by Gasteiger charge is 2.34. The Balaban J connectivity index is 1.84. The minimum absolute atomic E-state index is 0.00607. The molecule has 26 heavy (non-hydrogen) atoms. The molecule has 2 aliphatic heterocycles. The maximum absolute atomic E-state index is 13.3. The van der Waals surface area contributed by atoms with Crippen molar-refractivity contribution < 1.29 is 22.7 Å². The molecule has 0 radical (unpaired) electrons. The zero-order valence-electron chi connectivity index (χ0n) is 13.8. The molecular weight excluding hydrogens is 358 g/mol. The van der Waals surface area contributed by atoms with Crippen molar-refractivity contribution in [3.8, 4) is 5.75 Å². The minimum atomic E-state index is -4.02. The van der Waals surface area contributed by atoms with Gasteiger partial charge in [-0.3, -0.25) is 13.9 Å². The predicted octanol–water partition coefficient (Wildman–Crippen LogP) is 1.47. The average Bonchev–Trinajstić information content (AvgIpc) is 2.60. The van der Waals surface area contributed by atoms with E-state index in [1.807, 2.05) is 0 Å². The molecule has 0 aliphatic carbocycles. The number of para-hydroxylation sites is 2. The maximum atomic E-state index is 13.3. The molecule has 2 amide bonds. The lowest BCUT2D eigenvalue weighted by Gasteiger charge is -2.31. The van der Waals surface area contributed by atoms with E-state index in [2.05, 4.69) is 10.6 Å². The number of hydrogen-bond acceptors (Lipinski definition) is 5. The second-order valence-electron chi connectivity index (χ2n) is 6.03. The molecule has 134 valence electrons.